The zero-order valence-corrected chi connectivity index (χ0v) is 21.3. The van der Waals surface area contributed by atoms with Gasteiger partial charge in [0, 0.05) is 6.42 Å². The van der Waals surface area contributed by atoms with Gasteiger partial charge in [0.25, 0.3) is 0 Å². The van der Waals surface area contributed by atoms with Crippen molar-refractivity contribution in [3.8, 4) is 0 Å². The van der Waals surface area contributed by atoms with E-state index in [4.69, 9.17) is 5.11 Å². The van der Waals surface area contributed by atoms with Gasteiger partial charge in [0.15, 0.2) is 0 Å². The zero-order chi connectivity index (χ0) is 24.0. The Labute approximate surface area is 200 Å². The lowest BCUT2D eigenvalue weighted by Gasteiger charge is -2.63. The number of carboxylic acid groups (broad SMARTS) is 1. The van der Waals surface area contributed by atoms with Gasteiger partial charge in [0.1, 0.15) is 6.54 Å². The summed E-state index contributed by atoms with van der Waals surface area (Å²) >= 11 is 0. The van der Waals surface area contributed by atoms with E-state index in [1.54, 1.807) is 0 Å². The third-order valence-corrected chi connectivity index (χ3v) is 11.4. The van der Waals surface area contributed by atoms with Gasteiger partial charge >= 0.3 is 5.97 Å². The van der Waals surface area contributed by atoms with Crippen molar-refractivity contribution in [3.05, 3.63) is 0 Å². The highest BCUT2D eigenvalue weighted by Crippen LogP contribution is 2.69. The Morgan fingerprint density at radius 2 is 1.70 bits per heavy atom. The van der Waals surface area contributed by atoms with Crippen LogP contribution in [-0.4, -0.2) is 34.7 Å². The van der Waals surface area contributed by atoms with Gasteiger partial charge in [-0.15, -0.1) is 0 Å². The molecule has 0 aromatic heterocycles. The van der Waals surface area contributed by atoms with E-state index in [1.165, 1.54) is 44.9 Å². The molecule has 3 N–H and O–H groups in total. The summed E-state index contributed by atoms with van der Waals surface area (Å²) in [5, 5.41) is 21.8. The SMILES string of the molecule is CC[C@H]1CC2C(CC[C@@]3(C)C2CC[C@@H]3[C@H](C)CCC(=O)NCC(=O)O)[C@@]2(C)CC[C@@H](O)CC12. The molecule has 4 fully saturated rings. The van der Waals surface area contributed by atoms with E-state index in [2.05, 4.69) is 33.0 Å². The molecule has 0 radical (unpaired) electrons. The van der Waals surface area contributed by atoms with Crippen LogP contribution < -0.4 is 5.32 Å². The lowest BCUT2D eigenvalue weighted by molar-refractivity contribution is -0.152. The van der Waals surface area contributed by atoms with Crippen molar-refractivity contribution >= 4 is 11.9 Å². The van der Waals surface area contributed by atoms with Crippen molar-refractivity contribution in [2.24, 2.45) is 52.3 Å². The van der Waals surface area contributed by atoms with Crippen molar-refractivity contribution in [1.82, 2.24) is 5.32 Å². The van der Waals surface area contributed by atoms with Crippen LogP contribution in [0.15, 0.2) is 0 Å². The van der Waals surface area contributed by atoms with Crippen LogP contribution in [0, 0.1) is 52.3 Å². The molecule has 1 amide bonds. The fourth-order valence-corrected chi connectivity index (χ4v) is 9.73. The maximum absolute atomic E-state index is 12.1. The third kappa shape index (κ3) is 4.48. The van der Waals surface area contributed by atoms with Crippen molar-refractivity contribution in [1.29, 1.82) is 0 Å². The highest BCUT2D eigenvalue weighted by molar-refractivity contribution is 5.81. The first-order valence-corrected chi connectivity index (χ1v) is 13.8. The van der Waals surface area contributed by atoms with Gasteiger partial charge in [-0.2, -0.15) is 0 Å². The van der Waals surface area contributed by atoms with Gasteiger partial charge in [-0.1, -0.05) is 34.1 Å². The Balaban J connectivity index is 1.45. The molecule has 4 rings (SSSR count). The molecule has 10 atom stereocenters. The molecule has 0 spiro atoms. The van der Waals surface area contributed by atoms with E-state index < -0.39 is 5.97 Å². The number of rotatable bonds is 7. The van der Waals surface area contributed by atoms with E-state index in [9.17, 15) is 14.7 Å². The molecule has 4 aliphatic rings. The fourth-order valence-electron chi connectivity index (χ4n) is 9.73. The summed E-state index contributed by atoms with van der Waals surface area (Å²) in [6.07, 6.45) is 12.2. The first-order valence-electron chi connectivity index (χ1n) is 13.8. The third-order valence-electron chi connectivity index (χ3n) is 11.4. The van der Waals surface area contributed by atoms with Crippen LogP contribution in [-0.2, 0) is 9.59 Å². The van der Waals surface area contributed by atoms with E-state index in [1.807, 2.05) is 0 Å². The number of hydrogen-bond acceptors (Lipinski definition) is 3. The quantitative estimate of drug-likeness (QED) is 0.483. The van der Waals surface area contributed by atoms with Gasteiger partial charge < -0.3 is 15.5 Å². The zero-order valence-electron chi connectivity index (χ0n) is 21.3. The molecule has 5 heteroatoms. The second-order valence-electron chi connectivity index (χ2n) is 12.7. The number of fused-ring (bicyclic) bond motifs is 5. The standard InChI is InChI=1S/C28H47NO4/c1-5-18-14-20-22-8-7-21(17(2)6-9-25(31)29-16-26(32)33)27(22,3)13-11-23(20)28(4)12-10-19(30)15-24(18)28/h17-24,30H,5-16H2,1-4H3,(H,29,31)(H,32,33)/t17-,18+,19-,20?,21-,22?,23?,24?,27-,28-/m1/s1. The summed E-state index contributed by atoms with van der Waals surface area (Å²) in [5.74, 6) is 3.90. The molecule has 33 heavy (non-hydrogen) atoms. The molecule has 4 aliphatic carbocycles. The number of carbonyl (C=O) groups is 2. The number of aliphatic hydroxyl groups excluding tert-OH is 1. The number of carboxylic acids is 1. The molecule has 4 unspecified atom stereocenters. The van der Waals surface area contributed by atoms with Crippen molar-refractivity contribution in [2.75, 3.05) is 6.54 Å². The second-order valence-corrected chi connectivity index (χ2v) is 12.7. The largest absolute Gasteiger partial charge is 0.480 e. The number of carbonyl (C=O) groups excluding carboxylic acids is 1. The average molecular weight is 462 g/mol. The normalized spacial score (nSPS) is 45.4. The Morgan fingerprint density at radius 3 is 2.39 bits per heavy atom. The molecule has 0 bridgehead atoms. The van der Waals surface area contributed by atoms with E-state index in [0.29, 0.717) is 35.0 Å². The number of aliphatic hydroxyl groups is 1. The first-order chi connectivity index (χ1) is 15.6. The van der Waals surface area contributed by atoms with E-state index in [0.717, 1.165) is 42.9 Å². The Kier molecular flexibility index (Phi) is 7.21. The van der Waals surface area contributed by atoms with Crippen LogP contribution in [0.3, 0.4) is 0 Å². The summed E-state index contributed by atoms with van der Waals surface area (Å²) in [4.78, 5) is 22.8. The van der Waals surface area contributed by atoms with Gasteiger partial charge in [-0.25, -0.2) is 0 Å². The number of hydrogen-bond donors (Lipinski definition) is 3. The second kappa shape index (κ2) is 9.51. The average Bonchev–Trinajstić information content (AvgIpc) is 3.13. The number of amides is 1. The summed E-state index contributed by atoms with van der Waals surface area (Å²) < 4.78 is 0. The molecular formula is C28H47NO4. The molecule has 0 aliphatic heterocycles. The first kappa shape index (κ1) is 25.0. The van der Waals surface area contributed by atoms with Crippen molar-refractivity contribution in [2.45, 2.75) is 104 Å². The summed E-state index contributed by atoms with van der Waals surface area (Å²) in [6.45, 7) is 9.55. The van der Waals surface area contributed by atoms with Crippen LogP contribution in [0.25, 0.3) is 0 Å². The minimum absolute atomic E-state index is 0.0908. The van der Waals surface area contributed by atoms with Gasteiger partial charge in [-0.05, 0) is 110 Å². The minimum Gasteiger partial charge on any atom is -0.480 e. The number of aliphatic carboxylic acids is 1. The Hall–Kier alpha value is -1.10. The maximum Gasteiger partial charge on any atom is 0.322 e. The minimum atomic E-state index is -0.986. The monoisotopic (exact) mass is 461 g/mol. The fraction of sp³-hybridized carbons (Fsp3) is 0.929. The summed E-state index contributed by atoms with van der Waals surface area (Å²) in [6, 6.07) is 0. The predicted molar refractivity (Wildman–Crippen MR) is 129 cm³/mol. The molecule has 188 valence electrons. The van der Waals surface area contributed by atoms with Gasteiger partial charge in [0.05, 0.1) is 6.10 Å². The molecule has 0 aromatic rings. The maximum atomic E-state index is 12.1. The van der Waals surface area contributed by atoms with Crippen LogP contribution in [0.5, 0.6) is 0 Å². The Bertz CT molecular complexity index is 739. The van der Waals surface area contributed by atoms with Crippen molar-refractivity contribution in [3.63, 3.8) is 0 Å². The van der Waals surface area contributed by atoms with Crippen LogP contribution in [0.4, 0.5) is 0 Å². The molecule has 0 saturated heterocycles. The lowest BCUT2D eigenvalue weighted by atomic mass is 9.42. The topological polar surface area (TPSA) is 86.6 Å². The Morgan fingerprint density at radius 1 is 1.00 bits per heavy atom. The number of nitrogens with one attached hydrogen (secondary N) is 1. The molecule has 4 saturated carbocycles. The van der Waals surface area contributed by atoms with Gasteiger partial charge in [-0.3, -0.25) is 9.59 Å². The van der Waals surface area contributed by atoms with Gasteiger partial charge in [0.2, 0.25) is 5.91 Å². The molecular weight excluding hydrogens is 414 g/mol. The lowest BCUT2D eigenvalue weighted by Crippen LogP contribution is -2.56. The van der Waals surface area contributed by atoms with Crippen LogP contribution >= 0.6 is 0 Å². The highest BCUT2D eigenvalue weighted by atomic mass is 16.4. The van der Waals surface area contributed by atoms with Crippen LogP contribution in [0.1, 0.15) is 98.3 Å². The molecule has 0 aromatic carbocycles. The summed E-state index contributed by atoms with van der Waals surface area (Å²) in [5.41, 5.74) is 0.768. The smallest absolute Gasteiger partial charge is 0.322 e. The molecule has 0 heterocycles. The molecule has 5 nitrogen and oxygen atoms in total. The van der Waals surface area contributed by atoms with E-state index >= 15 is 0 Å². The van der Waals surface area contributed by atoms with E-state index in [-0.39, 0.29) is 18.6 Å². The van der Waals surface area contributed by atoms with Crippen LogP contribution in [0.2, 0.25) is 0 Å². The highest BCUT2D eigenvalue weighted by Gasteiger charge is 2.62. The predicted octanol–water partition coefficient (Wildman–Crippen LogP) is 5.26. The summed E-state index contributed by atoms with van der Waals surface area (Å²) in [7, 11) is 0. The van der Waals surface area contributed by atoms with Crippen molar-refractivity contribution < 1.29 is 19.8 Å².